The minimum absolute atomic E-state index is 0.0478. The summed E-state index contributed by atoms with van der Waals surface area (Å²) in [4.78, 5) is 13.9. The summed E-state index contributed by atoms with van der Waals surface area (Å²) in [5.41, 5.74) is 6.28. The van der Waals surface area contributed by atoms with Crippen LogP contribution in [-0.4, -0.2) is 31.2 Å². The van der Waals surface area contributed by atoms with E-state index in [1.807, 2.05) is 30.3 Å². The van der Waals surface area contributed by atoms with Crippen molar-refractivity contribution in [2.24, 2.45) is 5.73 Å². The van der Waals surface area contributed by atoms with Gasteiger partial charge in [0.05, 0.1) is 4.99 Å². The SMILES string of the molecule is COCC(=O)N(CCC(N)=S)c1ccccc1. The van der Waals surface area contributed by atoms with Crippen LogP contribution in [0.2, 0.25) is 0 Å². The van der Waals surface area contributed by atoms with Gasteiger partial charge < -0.3 is 15.4 Å². The second kappa shape index (κ2) is 6.98. The first kappa shape index (κ1) is 13.6. The second-order valence-electron chi connectivity index (χ2n) is 3.53. The van der Waals surface area contributed by atoms with Crippen LogP contribution >= 0.6 is 12.2 Å². The van der Waals surface area contributed by atoms with Gasteiger partial charge in [0.15, 0.2) is 0 Å². The molecule has 0 saturated carbocycles. The average Bonchev–Trinajstić information content (AvgIpc) is 2.30. The Balaban J connectivity index is 2.78. The zero-order valence-electron chi connectivity index (χ0n) is 9.76. The van der Waals surface area contributed by atoms with Crippen molar-refractivity contribution < 1.29 is 9.53 Å². The lowest BCUT2D eigenvalue weighted by molar-refractivity contribution is -0.122. The lowest BCUT2D eigenvalue weighted by Crippen LogP contribution is -2.36. The number of anilines is 1. The van der Waals surface area contributed by atoms with Crippen molar-refractivity contribution in [3.8, 4) is 0 Å². The van der Waals surface area contributed by atoms with Gasteiger partial charge in [-0.15, -0.1) is 0 Å². The van der Waals surface area contributed by atoms with E-state index in [4.69, 9.17) is 22.7 Å². The van der Waals surface area contributed by atoms with Crippen molar-refractivity contribution in [2.75, 3.05) is 25.2 Å². The Morgan fingerprint density at radius 3 is 2.59 bits per heavy atom. The summed E-state index contributed by atoms with van der Waals surface area (Å²) < 4.78 is 4.86. The summed E-state index contributed by atoms with van der Waals surface area (Å²) in [6.07, 6.45) is 0.500. The quantitative estimate of drug-likeness (QED) is 0.776. The van der Waals surface area contributed by atoms with E-state index in [9.17, 15) is 4.79 Å². The van der Waals surface area contributed by atoms with E-state index in [2.05, 4.69) is 0 Å². The van der Waals surface area contributed by atoms with Gasteiger partial charge in [-0.05, 0) is 12.1 Å². The number of methoxy groups -OCH3 is 1. The Morgan fingerprint density at radius 2 is 2.06 bits per heavy atom. The van der Waals surface area contributed by atoms with Gasteiger partial charge in [0, 0.05) is 25.8 Å². The Kier molecular flexibility index (Phi) is 5.59. The monoisotopic (exact) mass is 252 g/mol. The Hall–Kier alpha value is -1.46. The topological polar surface area (TPSA) is 55.6 Å². The molecule has 4 nitrogen and oxygen atoms in total. The molecule has 1 amide bonds. The minimum atomic E-state index is -0.102. The van der Waals surface area contributed by atoms with Crippen LogP contribution < -0.4 is 10.6 Å². The lowest BCUT2D eigenvalue weighted by atomic mass is 10.2. The smallest absolute Gasteiger partial charge is 0.252 e. The highest BCUT2D eigenvalue weighted by molar-refractivity contribution is 7.80. The first-order chi connectivity index (χ1) is 8.15. The number of nitrogens with two attached hydrogens (primary N) is 1. The molecule has 0 bridgehead atoms. The molecule has 0 aliphatic rings. The van der Waals surface area contributed by atoms with Gasteiger partial charge in [-0.25, -0.2) is 0 Å². The predicted molar refractivity (Wildman–Crippen MR) is 72.1 cm³/mol. The summed E-state index contributed by atoms with van der Waals surface area (Å²) in [6.45, 7) is 0.522. The van der Waals surface area contributed by atoms with Gasteiger partial charge in [-0.1, -0.05) is 30.4 Å². The minimum Gasteiger partial charge on any atom is -0.393 e. The Labute approximate surface area is 106 Å². The third-order valence-electron chi connectivity index (χ3n) is 2.22. The number of hydrogen-bond donors (Lipinski definition) is 1. The van der Waals surface area contributed by atoms with Crippen molar-refractivity contribution in [1.29, 1.82) is 0 Å². The van der Waals surface area contributed by atoms with Gasteiger partial charge in [0.25, 0.3) is 5.91 Å². The predicted octanol–water partition coefficient (Wildman–Crippen LogP) is 1.34. The molecular formula is C12H16N2O2S. The number of ether oxygens (including phenoxy) is 1. The van der Waals surface area contributed by atoms with Gasteiger partial charge in [-0.2, -0.15) is 0 Å². The van der Waals surface area contributed by atoms with Crippen molar-refractivity contribution in [1.82, 2.24) is 0 Å². The van der Waals surface area contributed by atoms with E-state index in [-0.39, 0.29) is 12.5 Å². The molecule has 0 fully saturated rings. The largest absolute Gasteiger partial charge is 0.393 e. The summed E-state index contributed by atoms with van der Waals surface area (Å²) in [6, 6.07) is 9.39. The molecule has 0 aliphatic carbocycles. The second-order valence-corrected chi connectivity index (χ2v) is 4.05. The maximum absolute atomic E-state index is 11.9. The molecule has 0 heterocycles. The van der Waals surface area contributed by atoms with Crippen molar-refractivity contribution in [3.05, 3.63) is 30.3 Å². The summed E-state index contributed by atoms with van der Waals surface area (Å²) in [5.74, 6) is -0.102. The molecule has 5 heteroatoms. The molecule has 0 aliphatic heterocycles. The number of rotatable bonds is 6. The number of para-hydroxylation sites is 1. The van der Waals surface area contributed by atoms with Gasteiger partial charge in [0.2, 0.25) is 0 Å². The number of benzene rings is 1. The highest BCUT2D eigenvalue weighted by Gasteiger charge is 2.14. The van der Waals surface area contributed by atoms with Crippen LogP contribution in [0, 0.1) is 0 Å². The molecule has 17 heavy (non-hydrogen) atoms. The highest BCUT2D eigenvalue weighted by Crippen LogP contribution is 2.14. The van der Waals surface area contributed by atoms with E-state index >= 15 is 0 Å². The first-order valence-electron chi connectivity index (χ1n) is 5.28. The number of thiocarbonyl (C=S) groups is 1. The molecule has 0 unspecified atom stereocenters. The average molecular weight is 252 g/mol. The van der Waals surface area contributed by atoms with Crippen LogP contribution in [0.25, 0.3) is 0 Å². The van der Waals surface area contributed by atoms with E-state index in [0.29, 0.717) is 18.0 Å². The summed E-state index contributed by atoms with van der Waals surface area (Å²) >= 11 is 4.82. The third kappa shape index (κ3) is 4.50. The van der Waals surface area contributed by atoms with Crippen LogP contribution in [-0.2, 0) is 9.53 Å². The fourth-order valence-electron chi connectivity index (χ4n) is 1.43. The van der Waals surface area contributed by atoms with Crippen LogP contribution in [0.4, 0.5) is 5.69 Å². The highest BCUT2D eigenvalue weighted by atomic mass is 32.1. The number of carbonyl (C=O) groups excluding carboxylic acids is 1. The number of carbonyl (C=O) groups is 1. The zero-order valence-corrected chi connectivity index (χ0v) is 10.6. The molecule has 1 rings (SSSR count). The van der Waals surface area contributed by atoms with Gasteiger partial charge in [0.1, 0.15) is 6.61 Å². The molecule has 92 valence electrons. The van der Waals surface area contributed by atoms with Crippen molar-refractivity contribution in [3.63, 3.8) is 0 Å². The Morgan fingerprint density at radius 1 is 1.41 bits per heavy atom. The van der Waals surface area contributed by atoms with E-state index in [0.717, 1.165) is 5.69 Å². The summed E-state index contributed by atoms with van der Waals surface area (Å²) in [5, 5.41) is 0. The maximum Gasteiger partial charge on any atom is 0.252 e. The zero-order chi connectivity index (χ0) is 12.7. The van der Waals surface area contributed by atoms with Crippen LogP contribution in [0.5, 0.6) is 0 Å². The lowest BCUT2D eigenvalue weighted by Gasteiger charge is -2.22. The fraction of sp³-hybridized carbons (Fsp3) is 0.333. The molecule has 2 N–H and O–H groups in total. The number of hydrogen-bond acceptors (Lipinski definition) is 3. The molecule has 0 radical (unpaired) electrons. The maximum atomic E-state index is 11.9. The Bertz CT molecular complexity index is 381. The van der Waals surface area contributed by atoms with Crippen LogP contribution in [0.15, 0.2) is 30.3 Å². The van der Waals surface area contributed by atoms with E-state index in [1.54, 1.807) is 4.90 Å². The molecule has 0 spiro atoms. The first-order valence-corrected chi connectivity index (χ1v) is 5.68. The third-order valence-corrected chi connectivity index (χ3v) is 2.42. The molecule has 0 aromatic heterocycles. The fourth-order valence-corrected chi connectivity index (χ4v) is 1.52. The van der Waals surface area contributed by atoms with Crippen LogP contribution in [0.1, 0.15) is 6.42 Å². The molecule has 1 aromatic rings. The van der Waals surface area contributed by atoms with E-state index in [1.165, 1.54) is 7.11 Å². The normalized spacial score (nSPS) is 9.94. The molecular weight excluding hydrogens is 236 g/mol. The van der Waals surface area contributed by atoms with Crippen LogP contribution in [0.3, 0.4) is 0 Å². The summed E-state index contributed by atoms with van der Waals surface area (Å²) in [7, 11) is 1.49. The van der Waals surface area contributed by atoms with E-state index < -0.39 is 0 Å². The van der Waals surface area contributed by atoms with Gasteiger partial charge >= 0.3 is 0 Å². The molecule has 1 aromatic carbocycles. The number of amides is 1. The number of nitrogens with zero attached hydrogens (tertiary/aromatic N) is 1. The molecule has 0 atom stereocenters. The van der Waals surface area contributed by atoms with Crippen molar-refractivity contribution >= 4 is 28.8 Å². The van der Waals surface area contributed by atoms with Gasteiger partial charge in [-0.3, -0.25) is 4.79 Å². The van der Waals surface area contributed by atoms with Crippen molar-refractivity contribution in [2.45, 2.75) is 6.42 Å². The standard InChI is InChI=1S/C12H16N2O2S/c1-16-9-12(15)14(8-7-11(13)17)10-5-3-2-4-6-10/h2-6H,7-9H2,1H3,(H2,13,17). The molecule has 0 saturated heterocycles.